The third-order valence-electron chi connectivity index (χ3n) is 2.28. The van der Waals surface area contributed by atoms with Crippen LogP contribution in [0.4, 0.5) is 5.69 Å². The highest BCUT2D eigenvalue weighted by molar-refractivity contribution is 6.06. The van der Waals surface area contributed by atoms with Gasteiger partial charge in [0.1, 0.15) is 11.4 Å². The third kappa shape index (κ3) is 2.83. The lowest BCUT2D eigenvalue weighted by Gasteiger charge is -2.08. The molecule has 3 N–H and O–H groups in total. The molecule has 0 aliphatic heterocycles. The number of hydrogen-bond acceptors (Lipinski definition) is 5. The topological polar surface area (TPSA) is 112 Å². The van der Waals surface area contributed by atoms with E-state index in [9.17, 15) is 14.7 Å². The Morgan fingerprint density at radius 3 is 2.63 bits per heavy atom. The molecule has 0 aliphatic carbocycles. The molecule has 7 nitrogen and oxygen atoms in total. The number of aromatic carboxylic acids is 1. The summed E-state index contributed by atoms with van der Waals surface area (Å²) in [6.45, 7) is 0. The minimum absolute atomic E-state index is 0.0620. The van der Waals surface area contributed by atoms with Crippen LogP contribution < -0.4 is 5.32 Å². The summed E-state index contributed by atoms with van der Waals surface area (Å²) in [5, 5.41) is 20.6. The SMILES string of the molecule is O=C(Nc1ccc(O)cc1C(=O)O)c1cnccn1. The fourth-order valence-corrected chi connectivity index (χ4v) is 1.42. The number of phenolic OH excluding ortho intramolecular Hbond substituents is 1. The second kappa shape index (κ2) is 5.13. The Kier molecular flexibility index (Phi) is 3.37. The van der Waals surface area contributed by atoms with E-state index < -0.39 is 11.9 Å². The Morgan fingerprint density at radius 2 is 2.00 bits per heavy atom. The maximum Gasteiger partial charge on any atom is 0.337 e. The van der Waals surface area contributed by atoms with Gasteiger partial charge in [-0.1, -0.05) is 0 Å². The van der Waals surface area contributed by atoms with E-state index in [1.165, 1.54) is 30.7 Å². The first-order valence-electron chi connectivity index (χ1n) is 5.21. The number of rotatable bonds is 3. The van der Waals surface area contributed by atoms with Crippen molar-refractivity contribution in [1.29, 1.82) is 0 Å². The number of aromatic nitrogens is 2. The van der Waals surface area contributed by atoms with Crippen molar-refractivity contribution in [3.05, 3.63) is 48.0 Å². The van der Waals surface area contributed by atoms with Gasteiger partial charge in [0.05, 0.1) is 17.4 Å². The minimum atomic E-state index is -1.26. The highest BCUT2D eigenvalue weighted by atomic mass is 16.4. The van der Waals surface area contributed by atoms with Crippen LogP contribution in [0.25, 0.3) is 0 Å². The van der Waals surface area contributed by atoms with Gasteiger partial charge in [-0.3, -0.25) is 9.78 Å². The molecule has 7 heteroatoms. The standard InChI is InChI=1S/C12H9N3O4/c16-7-1-2-9(8(5-7)12(18)19)15-11(17)10-6-13-3-4-14-10/h1-6,16H,(H,15,17)(H,18,19). The number of anilines is 1. The van der Waals surface area contributed by atoms with Crippen LogP contribution in [0.1, 0.15) is 20.8 Å². The Bertz CT molecular complexity index is 628. The molecule has 0 saturated carbocycles. The van der Waals surface area contributed by atoms with E-state index in [4.69, 9.17) is 5.11 Å². The molecular weight excluding hydrogens is 250 g/mol. The predicted molar refractivity (Wildman–Crippen MR) is 65.1 cm³/mol. The number of carbonyl (C=O) groups excluding carboxylic acids is 1. The molecule has 0 fully saturated rings. The zero-order chi connectivity index (χ0) is 13.8. The Morgan fingerprint density at radius 1 is 1.21 bits per heavy atom. The third-order valence-corrected chi connectivity index (χ3v) is 2.28. The maximum atomic E-state index is 11.8. The van der Waals surface area contributed by atoms with Crippen LogP contribution in [0.5, 0.6) is 5.75 Å². The van der Waals surface area contributed by atoms with Crippen molar-refractivity contribution in [3.63, 3.8) is 0 Å². The van der Waals surface area contributed by atoms with E-state index in [0.29, 0.717) is 0 Å². The summed E-state index contributed by atoms with van der Waals surface area (Å²) in [5.74, 6) is -2.04. The number of amides is 1. The first-order valence-corrected chi connectivity index (χ1v) is 5.21. The normalized spacial score (nSPS) is 9.89. The summed E-state index contributed by atoms with van der Waals surface area (Å²) in [5.41, 5.74) is -0.0786. The molecule has 2 rings (SSSR count). The Hall–Kier alpha value is -2.96. The second-order valence-corrected chi connectivity index (χ2v) is 3.58. The summed E-state index contributed by atoms with van der Waals surface area (Å²) in [6, 6.07) is 3.63. The molecule has 0 unspecified atom stereocenters. The molecule has 1 aromatic heterocycles. The van der Waals surface area contributed by atoms with Gasteiger partial charge in [0, 0.05) is 12.4 Å². The number of nitrogens with one attached hydrogen (secondary N) is 1. The van der Waals surface area contributed by atoms with Crippen LogP contribution in [-0.4, -0.2) is 32.1 Å². The minimum Gasteiger partial charge on any atom is -0.508 e. The quantitative estimate of drug-likeness (QED) is 0.712. The van der Waals surface area contributed by atoms with Crippen LogP contribution in [0.2, 0.25) is 0 Å². The van der Waals surface area contributed by atoms with E-state index in [1.54, 1.807) is 0 Å². The average molecular weight is 259 g/mol. The molecule has 1 heterocycles. The molecule has 0 radical (unpaired) electrons. The van der Waals surface area contributed by atoms with Gasteiger partial charge in [0.15, 0.2) is 0 Å². The summed E-state index contributed by atoms with van der Waals surface area (Å²) in [4.78, 5) is 30.3. The fourth-order valence-electron chi connectivity index (χ4n) is 1.42. The average Bonchev–Trinajstić information content (AvgIpc) is 2.41. The summed E-state index contributed by atoms with van der Waals surface area (Å²) in [7, 11) is 0. The lowest BCUT2D eigenvalue weighted by atomic mass is 10.1. The molecule has 96 valence electrons. The van der Waals surface area contributed by atoms with Gasteiger partial charge < -0.3 is 15.5 Å². The smallest absolute Gasteiger partial charge is 0.337 e. The largest absolute Gasteiger partial charge is 0.508 e. The van der Waals surface area contributed by atoms with Crippen LogP contribution in [-0.2, 0) is 0 Å². The van der Waals surface area contributed by atoms with E-state index in [0.717, 1.165) is 6.07 Å². The van der Waals surface area contributed by atoms with E-state index in [-0.39, 0.29) is 22.7 Å². The molecule has 0 bridgehead atoms. The first kappa shape index (κ1) is 12.5. The lowest BCUT2D eigenvalue weighted by molar-refractivity contribution is 0.0697. The predicted octanol–water partition coefficient (Wildman–Crippen LogP) is 1.13. The number of benzene rings is 1. The summed E-state index contributed by atoms with van der Waals surface area (Å²) in [6.07, 6.45) is 4.03. The van der Waals surface area contributed by atoms with E-state index in [1.807, 2.05) is 0 Å². The van der Waals surface area contributed by atoms with Crippen molar-refractivity contribution < 1.29 is 19.8 Å². The number of phenols is 1. The van der Waals surface area contributed by atoms with Crippen molar-refractivity contribution >= 4 is 17.6 Å². The molecule has 1 aromatic carbocycles. The zero-order valence-corrected chi connectivity index (χ0v) is 9.57. The Balaban J connectivity index is 2.29. The number of aromatic hydroxyl groups is 1. The number of hydrogen-bond donors (Lipinski definition) is 3. The highest BCUT2D eigenvalue weighted by Gasteiger charge is 2.15. The maximum absolute atomic E-state index is 11.8. The molecule has 0 saturated heterocycles. The van der Waals surface area contributed by atoms with Crippen LogP contribution in [0, 0.1) is 0 Å². The number of carboxylic acid groups (broad SMARTS) is 1. The molecular formula is C12H9N3O4. The summed E-state index contributed by atoms with van der Waals surface area (Å²) < 4.78 is 0. The highest BCUT2D eigenvalue weighted by Crippen LogP contribution is 2.21. The van der Waals surface area contributed by atoms with Crippen molar-refractivity contribution in [2.45, 2.75) is 0 Å². The molecule has 0 spiro atoms. The van der Waals surface area contributed by atoms with E-state index >= 15 is 0 Å². The van der Waals surface area contributed by atoms with Crippen LogP contribution in [0.15, 0.2) is 36.8 Å². The number of carbonyl (C=O) groups is 2. The Labute approximate surface area is 107 Å². The lowest BCUT2D eigenvalue weighted by Crippen LogP contribution is -2.16. The van der Waals surface area contributed by atoms with Gasteiger partial charge in [-0.05, 0) is 18.2 Å². The van der Waals surface area contributed by atoms with Crippen LogP contribution in [0.3, 0.4) is 0 Å². The molecule has 1 amide bonds. The van der Waals surface area contributed by atoms with Crippen molar-refractivity contribution in [1.82, 2.24) is 9.97 Å². The molecule has 0 aliphatic rings. The summed E-state index contributed by atoms with van der Waals surface area (Å²) >= 11 is 0. The number of carboxylic acids is 1. The van der Waals surface area contributed by atoms with Gasteiger partial charge >= 0.3 is 5.97 Å². The fraction of sp³-hybridized carbons (Fsp3) is 0. The van der Waals surface area contributed by atoms with Crippen molar-refractivity contribution in [2.24, 2.45) is 0 Å². The first-order chi connectivity index (χ1) is 9.08. The zero-order valence-electron chi connectivity index (χ0n) is 9.57. The second-order valence-electron chi connectivity index (χ2n) is 3.58. The van der Waals surface area contributed by atoms with Crippen molar-refractivity contribution in [3.8, 4) is 5.75 Å². The monoisotopic (exact) mass is 259 g/mol. The molecule has 0 atom stereocenters. The van der Waals surface area contributed by atoms with Gasteiger partial charge in [-0.25, -0.2) is 9.78 Å². The number of nitrogens with zero attached hydrogens (tertiary/aromatic N) is 2. The van der Waals surface area contributed by atoms with Gasteiger partial charge in [0.2, 0.25) is 0 Å². The molecule has 19 heavy (non-hydrogen) atoms. The van der Waals surface area contributed by atoms with Crippen molar-refractivity contribution in [2.75, 3.05) is 5.32 Å². The van der Waals surface area contributed by atoms with Crippen LogP contribution >= 0.6 is 0 Å². The van der Waals surface area contributed by atoms with E-state index in [2.05, 4.69) is 15.3 Å². The van der Waals surface area contributed by atoms with Gasteiger partial charge in [-0.2, -0.15) is 0 Å². The van der Waals surface area contributed by atoms with Gasteiger partial charge in [0.25, 0.3) is 5.91 Å². The van der Waals surface area contributed by atoms with Gasteiger partial charge in [-0.15, -0.1) is 0 Å². The molecule has 2 aromatic rings.